The fourth-order valence-electron chi connectivity index (χ4n) is 2.73. The molecule has 1 fully saturated rings. The Balaban J connectivity index is 1.79. The molecule has 6 heteroatoms. The van der Waals surface area contributed by atoms with Crippen LogP contribution in [0.4, 0.5) is 5.95 Å². The molecule has 3 aromatic rings. The molecular formula is C16H16N4S2. The van der Waals surface area contributed by atoms with Gasteiger partial charge in [-0.25, -0.2) is 15.0 Å². The number of rotatable bonds is 3. The van der Waals surface area contributed by atoms with Gasteiger partial charge in [-0.15, -0.1) is 22.7 Å². The Kier molecular flexibility index (Phi) is 3.86. The van der Waals surface area contributed by atoms with E-state index >= 15 is 0 Å². The van der Waals surface area contributed by atoms with E-state index in [0.717, 1.165) is 35.3 Å². The summed E-state index contributed by atoms with van der Waals surface area (Å²) in [6.45, 7) is 2.10. The average molecular weight is 328 g/mol. The molecule has 0 aromatic carbocycles. The molecule has 1 aliphatic heterocycles. The normalized spacial score (nSPS) is 15.2. The third-order valence-electron chi connectivity index (χ3n) is 3.84. The third kappa shape index (κ3) is 2.64. The van der Waals surface area contributed by atoms with Gasteiger partial charge in [0, 0.05) is 41.3 Å². The second-order valence-electron chi connectivity index (χ2n) is 5.29. The predicted molar refractivity (Wildman–Crippen MR) is 92.5 cm³/mol. The molecule has 112 valence electrons. The maximum absolute atomic E-state index is 4.86. The number of aromatic nitrogens is 3. The highest BCUT2D eigenvalue weighted by Crippen LogP contribution is 2.35. The Morgan fingerprint density at radius 2 is 1.91 bits per heavy atom. The van der Waals surface area contributed by atoms with Gasteiger partial charge in [0.05, 0.1) is 0 Å². The minimum atomic E-state index is 0.838. The molecule has 0 amide bonds. The van der Waals surface area contributed by atoms with Crippen molar-refractivity contribution in [1.82, 2.24) is 15.0 Å². The first-order valence-corrected chi connectivity index (χ1v) is 9.23. The van der Waals surface area contributed by atoms with Crippen LogP contribution in [0.15, 0.2) is 35.3 Å². The van der Waals surface area contributed by atoms with E-state index in [4.69, 9.17) is 4.98 Å². The van der Waals surface area contributed by atoms with Crippen LogP contribution in [0.2, 0.25) is 0 Å². The lowest BCUT2D eigenvalue weighted by molar-refractivity contribution is 0.568. The Morgan fingerprint density at radius 1 is 1.00 bits per heavy atom. The standard InChI is InChI=1S/C16H16N4S2/c1-2-7-20(8-3-1)16-18-11-12(13-5-4-9-21-13)14(19-16)15-17-6-10-22-15/h4-6,9-11H,1-3,7-8H2. The molecule has 4 nitrogen and oxygen atoms in total. The molecule has 1 saturated heterocycles. The van der Waals surface area contributed by atoms with Crippen LogP contribution >= 0.6 is 22.7 Å². The first-order valence-electron chi connectivity index (χ1n) is 7.47. The van der Waals surface area contributed by atoms with Crippen molar-refractivity contribution in [2.75, 3.05) is 18.0 Å². The van der Waals surface area contributed by atoms with Crippen molar-refractivity contribution in [2.45, 2.75) is 19.3 Å². The molecule has 22 heavy (non-hydrogen) atoms. The van der Waals surface area contributed by atoms with Crippen LogP contribution in [0.1, 0.15) is 19.3 Å². The van der Waals surface area contributed by atoms with Crippen LogP contribution < -0.4 is 4.90 Å². The van der Waals surface area contributed by atoms with E-state index in [1.807, 2.05) is 17.8 Å². The monoisotopic (exact) mass is 328 g/mol. The summed E-state index contributed by atoms with van der Waals surface area (Å²) >= 11 is 3.34. The largest absolute Gasteiger partial charge is 0.341 e. The van der Waals surface area contributed by atoms with Gasteiger partial charge in [0.25, 0.3) is 0 Å². The topological polar surface area (TPSA) is 41.9 Å². The van der Waals surface area contributed by atoms with E-state index in [9.17, 15) is 0 Å². The van der Waals surface area contributed by atoms with Crippen molar-refractivity contribution in [3.63, 3.8) is 0 Å². The summed E-state index contributed by atoms with van der Waals surface area (Å²) < 4.78 is 0. The number of nitrogens with zero attached hydrogens (tertiary/aromatic N) is 4. The molecule has 1 aliphatic rings. The van der Waals surface area contributed by atoms with Crippen molar-refractivity contribution in [1.29, 1.82) is 0 Å². The molecule has 0 aliphatic carbocycles. The van der Waals surface area contributed by atoms with Gasteiger partial charge in [0.15, 0.2) is 0 Å². The summed E-state index contributed by atoms with van der Waals surface area (Å²) in [5.41, 5.74) is 2.03. The Bertz CT molecular complexity index is 732. The number of thiazole rings is 1. The quantitative estimate of drug-likeness (QED) is 0.718. The van der Waals surface area contributed by atoms with Crippen molar-refractivity contribution < 1.29 is 0 Å². The second kappa shape index (κ2) is 6.14. The first kappa shape index (κ1) is 13.8. The predicted octanol–water partition coefficient (Wildman–Crippen LogP) is 4.32. The van der Waals surface area contributed by atoms with E-state index in [1.54, 1.807) is 22.7 Å². The minimum absolute atomic E-state index is 0.838. The van der Waals surface area contributed by atoms with Crippen LogP contribution in [0.25, 0.3) is 21.1 Å². The van der Waals surface area contributed by atoms with E-state index in [1.165, 1.54) is 24.1 Å². The fourth-order valence-corrected chi connectivity index (χ4v) is 4.11. The van der Waals surface area contributed by atoms with Gasteiger partial charge < -0.3 is 4.90 Å². The van der Waals surface area contributed by atoms with Gasteiger partial charge in [0.1, 0.15) is 10.7 Å². The second-order valence-corrected chi connectivity index (χ2v) is 7.14. The molecule has 0 bridgehead atoms. The molecular weight excluding hydrogens is 312 g/mol. The molecule has 0 unspecified atom stereocenters. The molecule has 0 saturated carbocycles. The Morgan fingerprint density at radius 3 is 2.64 bits per heavy atom. The number of piperidine rings is 1. The van der Waals surface area contributed by atoms with Crippen molar-refractivity contribution in [3.8, 4) is 21.1 Å². The molecule has 0 spiro atoms. The van der Waals surface area contributed by atoms with Gasteiger partial charge in [0.2, 0.25) is 5.95 Å². The zero-order valence-corrected chi connectivity index (χ0v) is 13.7. The zero-order valence-electron chi connectivity index (χ0n) is 12.1. The summed E-state index contributed by atoms with van der Waals surface area (Å²) in [5.74, 6) is 0.838. The third-order valence-corrected chi connectivity index (χ3v) is 5.52. The summed E-state index contributed by atoms with van der Waals surface area (Å²) in [5, 5.41) is 5.04. The summed E-state index contributed by atoms with van der Waals surface area (Å²) in [4.78, 5) is 17.4. The highest BCUT2D eigenvalue weighted by molar-refractivity contribution is 7.14. The van der Waals surface area contributed by atoms with Crippen LogP contribution in [-0.2, 0) is 0 Å². The van der Waals surface area contributed by atoms with Gasteiger partial charge in [-0.2, -0.15) is 0 Å². The molecule has 0 N–H and O–H groups in total. The molecule has 4 heterocycles. The Labute approximate surface area is 137 Å². The number of hydrogen-bond donors (Lipinski definition) is 0. The highest BCUT2D eigenvalue weighted by Gasteiger charge is 2.18. The van der Waals surface area contributed by atoms with Crippen LogP contribution in [0.5, 0.6) is 0 Å². The summed E-state index contributed by atoms with van der Waals surface area (Å²) in [7, 11) is 0. The van der Waals surface area contributed by atoms with Crippen molar-refractivity contribution in [3.05, 3.63) is 35.3 Å². The van der Waals surface area contributed by atoms with E-state index in [0.29, 0.717) is 0 Å². The fraction of sp³-hybridized carbons (Fsp3) is 0.312. The molecule has 0 radical (unpaired) electrons. The Hall–Kier alpha value is -1.79. The number of anilines is 1. The number of hydrogen-bond acceptors (Lipinski definition) is 6. The molecule has 0 atom stereocenters. The highest BCUT2D eigenvalue weighted by atomic mass is 32.1. The zero-order chi connectivity index (χ0) is 14.8. The summed E-state index contributed by atoms with van der Waals surface area (Å²) in [6, 6.07) is 4.17. The van der Waals surface area contributed by atoms with Gasteiger partial charge >= 0.3 is 0 Å². The molecule has 3 aromatic heterocycles. The van der Waals surface area contributed by atoms with Gasteiger partial charge in [-0.1, -0.05) is 6.07 Å². The average Bonchev–Trinajstić information content (AvgIpc) is 3.29. The minimum Gasteiger partial charge on any atom is -0.341 e. The smallest absolute Gasteiger partial charge is 0.225 e. The maximum atomic E-state index is 4.86. The van der Waals surface area contributed by atoms with E-state index in [2.05, 4.69) is 32.4 Å². The lowest BCUT2D eigenvalue weighted by Gasteiger charge is -2.27. The van der Waals surface area contributed by atoms with E-state index < -0.39 is 0 Å². The molecule has 4 rings (SSSR count). The lowest BCUT2D eigenvalue weighted by atomic mass is 10.1. The lowest BCUT2D eigenvalue weighted by Crippen LogP contribution is -2.31. The van der Waals surface area contributed by atoms with Crippen LogP contribution in [-0.4, -0.2) is 28.0 Å². The SMILES string of the molecule is c1csc(-c2cnc(N3CCCCC3)nc2-c2nccs2)c1. The van der Waals surface area contributed by atoms with Gasteiger partial charge in [-0.3, -0.25) is 0 Å². The number of thiophene rings is 1. The first-order chi connectivity index (χ1) is 10.9. The van der Waals surface area contributed by atoms with Crippen LogP contribution in [0.3, 0.4) is 0 Å². The van der Waals surface area contributed by atoms with Gasteiger partial charge in [-0.05, 0) is 30.7 Å². The van der Waals surface area contributed by atoms with Crippen molar-refractivity contribution >= 4 is 28.6 Å². The summed E-state index contributed by atoms with van der Waals surface area (Å²) in [6.07, 6.45) is 7.55. The van der Waals surface area contributed by atoms with E-state index in [-0.39, 0.29) is 0 Å². The maximum Gasteiger partial charge on any atom is 0.225 e. The van der Waals surface area contributed by atoms with Crippen molar-refractivity contribution in [2.24, 2.45) is 0 Å². The van der Waals surface area contributed by atoms with Crippen LogP contribution in [0, 0.1) is 0 Å².